The van der Waals surface area contributed by atoms with Crippen LogP contribution in [0.25, 0.3) is 22.3 Å². The molecule has 4 nitrogen and oxygen atoms in total. The van der Waals surface area contributed by atoms with Crippen LogP contribution in [0.2, 0.25) is 0 Å². The highest BCUT2D eigenvalue weighted by molar-refractivity contribution is 5.84. The second-order valence-corrected chi connectivity index (χ2v) is 3.91. The topological polar surface area (TPSA) is 69.1 Å². The van der Waals surface area contributed by atoms with E-state index < -0.39 is 0 Å². The summed E-state index contributed by atoms with van der Waals surface area (Å²) in [6.07, 6.45) is 3.27. The van der Waals surface area contributed by atoms with Crippen molar-refractivity contribution in [2.24, 2.45) is 0 Å². The number of rotatable bonds is 1. The molecular formula is C14H10N2O2. The molecule has 0 saturated heterocycles. The first kappa shape index (κ1) is 10.5. The van der Waals surface area contributed by atoms with Crippen molar-refractivity contribution in [2.45, 2.75) is 0 Å². The molecule has 1 aromatic carbocycles. The largest absolute Gasteiger partial charge is 0.454 e. The number of aromatic nitrogens is 1. The lowest BCUT2D eigenvalue weighted by Crippen LogP contribution is -2.09. The van der Waals surface area contributed by atoms with E-state index in [1.807, 2.05) is 6.07 Å². The first-order chi connectivity index (χ1) is 8.77. The van der Waals surface area contributed by atoms with E-state index in [-0.39, 0.29) is 11.1 Å². The van der Waals surface area contributed by atoms with Gasteiger partial charge in [-0.25, -0.2) is 0 Å². The van der Waals surface area contributed by atoms with Gasteiger partial charge in [0, 0.05) is 18.0 Å². The minimum absolute atomic E-state index is 0.113. The van der Waals surface area contributed by atoms with Gasteiger partial charge in [-0.3, -0.25) is 9.78 Å². The fourth-order valence-electron chi connectivity index (χ4n) is 1.87. The number of hydrogen-bond donors (Lipinski definition) is 1. The summed E-state index contributed by atoms with van der Waals surface area (Å²) in [5.41, 5.74) is 6.96. The van der Waals surface area contributed by atoms with Crippen LogP contribution < -0.4 is 11.2 Å². The van der Waals surface area contributed by atoms with Gasteiger partial charge in [0.1, 0.15) is 11.3 Å². The highest BCUT2D eigenvalue weighted by Gasteiger charge is 2.12. The second kappa shape index (κ2) is 4.00. The number of benzene rings is 1. The van der Waals surface area contributed by atoms with Gasteiger partial charge in [0.15, 0.2) is 5.76 Å². The lowest BCUT2D eigenvalue weighted by atomic mass is 10.1. The number of hydrogen-bond acceptors (Lipinski definition) is 4. The van der Waals surface area contributed by atoms with Crippen LogP contribution in [-0.2, 0) is 0 Å². The fraction of sp³-hybridized carbons (Fsp3) is 0. The SMILES string of the molecule is Nc1c(-c2cccnc2)oc2ccccc2c1=O. The van der Waals surface area contributed by atoms with Gasteiger partial charge in [0.05, 0.1) is 5.39 Å². The minimum atomic E-state index is -0.212. The van der Waals surface area contributed by atoms with Crippen LogP contribution >= 0.6 is 0 Å². The third kappa shape index (κ3) is 1.55. The lowest BCUT2D eigenvalue weighted by Gasteiger charge is -2.05. The Morgan fingerprint density at radius 3 is 2.72 bits per heavy atom. The summed E-state index contributed by atoms with van der Waals surface area (Å²) in [6.45, 7) is 0. The highest BCUT2D eigenvalue weighted by Crippen LogP contribution is 2.26. The zero-order valence-corrected chi connectivity index (χ0v) is 9.46. The van der Waals surface area contributed by atoms with Crippen molar-refractivity contribution in [3.63, 3.8) is 0 Å². The fourth-order valence-corrected chi connectivity index (χ4v) is 1.87. The van der Waals surface area contributed by atoms with Crippen molar-refractivity contribution in [2.75, 3.05) is 5.73 Å². The molecule has 0 unspecified atom stereocenters. The number of nitrogen functional groups attached to an aromatic ring is 1. The maximum atomic E-state index is 12.1. The van der Waals surface area contributed by atoms with Crippen molar-refractivity contribution < 1.29 is 4.42 Å². The van der Waals surface area contributed by atoms with Gasteiger partial charge in [-0.1, -0.05) is 12.1 Å². The molecule has 0 fully saturated rings. The Kier molecular flexibility index (Phi) is 2.34. The summed E-state index contributed by atoms with van der Waals surface area (Å²) < 4.78 is 5.69. The third-order valence-corrected chi connectivity index (χ3v) is 2.76. The molecule has 0 aliphatic carbocycles. The molecule has 0 radical (unpaired) electrons. The second-order valence-electron chi connectivity index (χ2n) is 3.91. The first-order valence-corrected chi connectivity index (χ1v) is 5.49. The normalized spacial score (nSPS) is 10.7. The molecule has 0 bridgehead atoms. The quantitative estimate of drug-likeness (QED) is 0.706. The smallest absolute Gasteiger partial charge is 0.216 e. The zero-order chi connectivity index (χ0) is 12.5. The molecular weight excluding hydrogens is 228 g/mol. The van der Waals surface area contributed by atoms with Crippen LogP contribution in [0, 0.1) is 0 Å². The van der Waals surface area contributed by atoms with Crippen molar-refractivity contribution in [1.82, 2.24) is 4.98 Å². The van der Waals surface area contributed by atoms with E-state index in [4.69, 9.17) is 10.2 Å². The predicted octanol–water partition coefficient (Wildman–Crippen LogP) is 2.44. The van der Waals surface area contributed by atoms with Crippen LogP contribution in [0.5, 0.6) is 0 Å². The predicted molar refractivity (Wildman–Crippen MR) is 70.1 cm³/mol. The number of fused-ring (bicyclic) bond motifs is 1. The molecule has 3 rings (SSSR count). The monoisotopic (exact) mass is 238 g/mol. The average Bonchev–Trinajstić information content (AvgIpc) is 2.44. The van der Waals surface area contributed by atoms with Crippen molar-refractivity contribution in [3.05, 3.63) is 59.0 Å². The Labute approximate surface area is 103 Å². The molecule has 0 spiro atoms. The Hall–Kier alpha value is -2.62. The maximum absolute atomic E-state index is 12.1. The Morgan fingerprint density at radius 2 is 1.94 bits per heavy atom. The van der Waals surface area contributed by atoms with Crippen LogP contribution in [0.1, 0.15) is 0 Å². The summed E-state index contributed by atoms with van der Waals surface area (Å²) in [5.74, 6) is 0.367. The van der Waals surface area contributed by atoms with E-state index in [1.165, 1.54) is 0 Å². The van der Waals surface area contributed by atoms with Gasteiger partial charge in [-0.15, -0.1) is 0 Å². The summed E-state index contributed by atoms with van der Waals surface area (Å²) in [5, 5.41) is 0.489. The molecule has 0 aliphatic heterocycles. The van der Waals surface area contributed by atoms with Gasteiger partial charge >= 0.3 is 0 Å². The van der Waals surface area contributed by atoms with Crippen LogP contribution in [0.15, 0.2) is 58.0 Å². The molecule has 0 amide bonds. The Balaban J connectivity index is 2.38. The number of nitrogens with two attached hydrogens (primary N) is 1. The maximum Gasteiger partial charge on any atom is 0.216 e. The number of pyridine rings is 1. The van der Waals surface area contributed by atoms with Crippen molar-refractivity contribution >= 4 is 16.7 Å². The van der Waals surface area contributed by atoms with Gasteiger partial charge in [-0.05, 0) is 24.3 Å². The van der Waals surface area contributed by atoms with Gasteiger partial charge in [0.25, 0.3) is 0 Å². The lowest BCUT2D eigenvalue weighted by molar-refractivity contribution is 0.621. The third-order valence-electron chi connectivity index (χ3n) is 2.76. The summed E-state index contributed by atoms with van der Waals surface area (Å²) in [4.78, 5) is 16.1. The van der Waals surface area contributed by atoms with Crippen LogP contribution in [0.4, 0.5) is 5.69 Å². The van der Waals surface area contributed by atoms with E-state index >= 15 is 0 Å². The zero-order valence-electron chi connectivity index (χ0n) is 9.46. The standard InChI is InChI=1S/C14H10N2O2/c15-12-13(17)10-5-1-2-6-11(10)18-14(12)9-4-3-7-16-8-9/h1-8H,15H2. The van der Waals surface area contributed by atoms with E-state index in [2.05, 4.69) is 4.98 Å². The van der Waals surface area contributed by atoms with Crippen molar-refractivity contribution in [1.29, 1.82) is 0 Å². The summed E-state index contributed by atoms with van der Waals surface area (Å²) in [7, 11) is 0. The molecule has 2 heterocycles. The summed E-state index contributed by atoms with van der Waals surface area (Å²) >= 11 is 0. The van der Waals surface area contributed by atoms with Gasteiger partial charge in [-0.2, -0.15) is 0 Å². The number of anilines is 1. The van der Waals surface area contributed by atoms with E-state index in [9.17, 15) is 4.79 Å². The molecule has 4 heteroatoms. The number of nitrogens with zero attached hydrogens (tertiary/aromatic N) is 1. The Bertz CT molecular complexity index is 764. The van der Waals surface area contributed by atoms with Gasteiger partial charge < -0.3 is 10.2 Å². The van der Waals surface area contributed by atoms with E-state index in [0.29, 0.717) is 22.3 Å². The molecule has 0 saturated carbocycles. The molecule has 3 aromatic rings. The van der Waals surface area contributed by atoms with Crippen molar-refractivity contribution in [3.8, 4) is 11.3 Å². The number of para-hydroxylation sites is 1. The Morgan fingerprint density at radius 1 is 1.11 bits per heavy atom. The molecule has 2 N–H and O–H groups in total. The van der Waals surface area contributed by atoms with E-state index in [0.717, 1.165) is 0 Å². The molecule has 0 aliphatic rings. The molecule has 18 heavy (non-hydrogen) atoms. The average molecular weight is 238 g/mol. The minimum Gasteiger partial charge on any atom is -0.454 e. The van der Waals surface area contributed by atoms with Crippen LogP contribution in [0.3, 0.4) is 0 Å². The molecule has 2 aromatic heterocycles. The molecule has 0 atom stereocenters. The highest BCUT2D eigenvalue weighted by atomic mass is 16.3. The van der Waals surface area contributed by atoms with Gasteiger partial charge in [0.2, 0.25) is 5.43 Å². The first-order valence-electron chi connectivity index (χ1n) is 5.49. The molecule has 88 valence electrons. The van der Waals surface area contributed by atoms with E-state index in [1.54, 1.807) is 42.7 Å². The summed E-state index contributed by atoms with van der Waals surface area (Å²) in [6, 6.07) is 10.6. The van der Waals surface area contributed by atoms with Crippen LogP contribution in [-0.4, -0.2) is 4.98 Å².